The fourth-order valence-electron chi connectivity index (χ4n) is 1.46. The van der Waals surface area contributed by atoms with E-state index in [1.807, 2.05) is 6.92 Å². The third kappa shape index (κ3) is 5.80. The van der Waals surface area contributed by atoms with E-state index in [1.165, 1.54) is 10.8 Å². The third-order valence-corrected chi connectivity index (χ3v) is 3.22. The minimum absolute atomic E-state index is 0.108. The maximum atomic E-state index is 9.95. The Kier molecular flexibility index (Phi) is 5.82. The molecule has 0 aromatic heterocycles. The predicted molar refractivity (Wildman–Crippen MR) is 75.3 cm³/mol. The highest BCUT2D eigenvalue weighted by Crippen LogP contribution is 2.11. The van der Waals surface area contributed by atoms with E-state index in [-0.39, 0.29) is 5.75 Å². The third-order valence-electron chi connectivity index (χ3n) is 2.41. The highest BCUT2D eigenvalue weighted by Gasteiger charge is 2.00. The van der Waals surface area contributed by atoms with Gasteiger partial charge in [-0.3, -0.25) is 4.55 Å². The van der Waals surface area contributed by atoms with Crippen LogP contribution in [0.3, 0.4) is 0 Å². The van der Waals surface area contributed by atoms with E-state index in [4.69, 9.17) is 4.55 Å². The highest BCUT2D eigenvalue weighted by atomic mass is 32.2. The number of hydrogen-bond donors (Lipinski definition) is 1. The van der Waals surface area contributed by atoms with E-state index in [9.17, 15) is 8.42 Å². The molecule has 98 valence electrons. The first-order valence-corrected chi connectivity index (χ1v) is 7.53. The van der Waals surface area contributed by atoms with Gasteiger partial charge in [-0.25, -0.2) is 0 Å². The van der Waals surface area contributed by atoms with Gasteiger partial charge in [-0.2, -0.15) is 8.42 Å². The molecule has 0 radical (unpaired) electrons. The summed E-state index contributed by atoms with van der Waals surface area (Å²) in [5, 5.41) is 2.62. The number of rotatable bonds is 3. The smallest absolute Gasteiger partial charge is 0.264 e. The van der Waals surface area contributed by atoms with Gasteiger partial charge in [0.25, 0.3) is 10.1 Å². The van der Waals surface area contributed by atoms with E-state index in [0.717, 1.165) is 6.42 Å². The van der Waals surface area contributed by atoms with Crippen LogP contribution in [-0.2, 0) is 10.1 Å². The van der Waals surface area contributed by atoms with Crippen LogP contribution in [0, 0.1) is 0 Å². The normalized spacial score (nSPS) is 10.8. The standard InChI is InChI=1S/C10H8.C4H10O3S/c1-2-6-10-8-4-3-7-9(10)5-1;1-2-3-4-8(5,6)7/h1-8H;2-4H2,1H3,(H,5,6,7). The van der Waals surface area contributed by atoms with Gasteiger partial charge in [-0.05, 0) is 17.2 Å². The van der Waals surface area contributed by atoms with Crippen LogP contribution >= 0.6 is 0 Å². The number of unbranched alkanes of at least 4 members (excludes halogenated alkanes) is 1. The van der Waals surface area contributed by atoms with E-state index in [0.29, 0.717) is 6.42 Å². The lowest BCUT2D eigenvalue weighted by Crippen LogP contribution is -2.02. The summed E-state index contributed by atoms with van der Waals surface area (Å²) in [5.41, 5.74) is 0. The molecule has 4 heteroatoms. The molecule has 1 N–H and O–H groups in total. The largest absolute Gasteiger partial charge is 0.286 e. The summed E-state index contributed by atoms with van der Waals surface area (Å²) in [5.74, 6) is -0.108. The topological polar surface area (TPSA) is 54.4 Å². The van der Waals surface area contributed by atoms with Crippen molar-refractivity contribution < 1.29 is 13.0 Å². The van der Waals surface area contributed by atoms with Gasteiger partial charge in [0.05, 0.1) is 5.75 Å². The molecule has 0 spiro atoms. The van der Waals surface area contributed by atoms with Crippen molar-refractivity contribution in [3.05, 3.63) is 48.5 Å². The van der Waals surface area contributed by atoms with Crippen LogP contribution in [0.1, 0.15) is 19.8 Å². The second-order valence-corrected chi connectivity index (χ2v) is 5.56. The van der Waals surface area contributed by atoms with Crippen LogP contribution in [0.25, 0.3) is 10.8 Å². The van der Waals surface area contributed by atoms with Crippen molar-refractivity contribution >= 4 is 20.9 Å². The summed E-state index contributed by atoms with van der Waals surface area (Å²) in [4.78, 5) is 0. The lowest BCUT2D eigenvalue weighted by molar-refractivity contribution is 0.480. The summed E-state index contributed by atoms with van der Waals surface area (Å²) in [7, 11) is -3.69. The summed E-state index contributed by atoms with van der Waals surface area (Å²) >= 11 is 0. The fourth-order valence-corrected chi connectivity index (χ4v) is 2.11. The molecule has 0 unspecified atom stereocenters. The Balaban J connectivity index is 0.000000187. The van der Waals surface area contributed by atoms with Gasteiger partial charge in [0, 0.05) is 0 Å². The van der Waals surface area contributed by atoms with Crippen LogP contribution in [0.5, 0.6) is 0 Å². The molecule has 0 fully saturated rings. The van der Waals surface area contributed by atoms with Gasteiger partial charge in [0.1, 0.15) is 0 Å². The van der Waals surface area contributed by atoms with Crippen molar-refractivity contribution in [1.29, 1.82) is 0 Å². The van der Waals surface area contributed by atoms with E-state index >= 15 is 0 Å². The molecule has 18 heavy (non-hydrogen) atoms. The van der Waals surface area contributed by atoms with Crippen molar-refractivity contribution in [2.45, 2.75) is 19.8 Å². The minimum Gasteiger partial charge on any atom is -0.286 e. The van der Waals surface area contributed by atoms with Crippen LogP contribution in [0.15, 0.2) is 48.5 Å². The Bertz CT molecular complexity index is 511. The lowest BCUT2D eigenvalue weighted by Gasteiger charge is -1.92. The molecule has 0 aliphatic heterocycles. The van der Waals surface area contributed by atoms with E-state index < -0.39 is 10.1 Å². The molecule has 0 aliphatic rings. The first-order valence-electron chi connectivity index (χ1n) is 5.92. The number of hydrogen-bond acceptors (Lipinski definition) is 2. The average molecular weight is 266 g/mol. The van der Waals surface area contributed by atoms with Crippen LogP contribution in [-0.4, -0.2) is 18.7 Å². The quantitative estimate of drug-likeness (QED) is 0.865. The van der Waals surface area contributed by atoms with Crippen molar-refractivity contribution in [3.8, 4) is 0 Å². The van der Waals surface area contributed by atoms with E-state index in [1.54, 1.807) is 0 Å². The molecule has 2 rings (SSSR count). The minimum atomic E-state index is -3.69. The molecule has 2 aromatic carbocycles. The Hall–Kier alpha value is -1.39. The lowest BCUT2D eigenvalue weighted by atomic mass is 10.1. The first kappa shape index (κ1) is 14.7. The Labute approximate surface area is 108 Å². The summed E-state index contributed by atoms with van der Waals surface area (Å²) < 4.78 is 28.0. The molecular formula is C14H18O3S. The first-order chi connectivity index (χ1) is 8.53. The van der Waals surface area contributed by atoms with Gasteiger partial charge in [0.15, 0.2) is 0 Å². The Morgan fingerprint density at radius 1 is 0.944 bits per heavy atom. The average Bonchev–Trinajstić information content (AvgIpc) is 2.36. The predicted octanol–water partition coefficient (Wildman–Crippen LogP) is 3.51. The van der Waals surface area contributed by atoms with Crippen molar-refractivity contribution in [2.24, 2.45) is 0 Å². The van der Waals surface area contributed by atoms with Crippen LogP contribution < -0.4 is 0 Å². The molecular weight excluding hydrogens is 248 g/mol. The summed E-state index contributed by atoms with van der Waals surface area (Å²) in [6.07, 6.45) is 1.33. The van der Waals surface area contributed by atoms with E-state index in [2.05, 4.69) is 48.5 Å². The van der Waals surface area contributed by atoms with Crippen LogP contribution in [0.4, 0.5) is 0 Å². The monoisotopic (exact) mass is 266 g/mol. The van der Waals surface area contributed by atoms with Gasteiger partial charge in [-0.15, -0.1) is 0 Å². The maximum Gasteiger partial charge on any atom is 0.264 e. The van der Waals surface area contributed by atoms with Gasteiger partial charge >= 0.3 is 0 Å². The molecule has 0 amide bonds. The molecule has 2 aromatic rings. The second-order valence-electron chi connectivity index (χ2n) is 3.99. The Morgan fingerprint density at radius 2 is 1.33 bits per heavy atom. The molecule has 0 saturated heterocycles. The molecule has 0 atom stereocenters. The van der Waals surface area contributed by atoms with Gasteiger partial charge in [0.2, 0.25) is 0 Å². The maximum absolute atomic E-state index is 9.95. The molecule has 0 aliphatic carbocycles. The van der Waals surface area contributed by atoms with Crippen molar-refractivity contribution in [3.63, 3.8) is 0 Å². The van der Waals surface area contributed by atoms with Crippen molar-refractivity contribution in [1.82, 2.24) is 0 Å². The zero-order valence-corrected chi connectivity index (χ0v) is 11.2. The fraction of sp³-hybridized carbons (Fsp3) is 0.286. The summed E-state index contributed by atoms with van der Waals surface area (Å²) in [6.45, 7) is 1.87. The summed E-state index contributed by atoms with van der Waals surface area (Å²) in [6, 6.07) is 16.7. The SMILES string of the molecule is CCCCS(=O)(=O)O.c1ccc2ccccc2c1. The van der Waals surface area contributed by atoms with Crippen LogP contribution in [0.2, 0.25) is 0 Å². The molecule has 0 saturated carbocycles. The highest BCUT2D eigenvalue weighted by molar-refractivity contribution is 7.85. The van der Waals surface area contributed by atoms with Gasteiger partial charge < -0.3 is 0 Å². The van der Waals surface area contributed by atoms with Crippen molar-refractivity contribution in [2.75, 3.05) is 5.75 Å². The molecule has 0 bridgehead atoms. The number of benzene rings is 2. The number of fused-ring (bicyclic) bond motifs is 1. The van der Waals surface area contributed by atoms with Gasteiger partial charge in [-0.1, -0.05) is 61.9 Å². The molecule has 0 heterocycles. The zero-order valence-electron chi connectivity index (χ0n) is 10.4. The molecule has 3 nitrogen and oxygen atoms in total. The zero-order chi connectivity index (χ0) is 13.4. The second kappa shape index (κ2) is 7.13. The Morgan fingerprint density at radius 3 is 1.56 bits per heavy atom.